The van der Waals surface area contributed by atoms with Crippen molar-refractivity contribution in [2.45, 2.75) is 64.9 Å². The van der Waals surface area contributed by atoms with Gasteiger partial charge < -0.3 is 9.84 Å². The first-order valence-corrected chi connectivity index (χ1v) is 11.0. The molecule has 0 aromatic carbocycles. The Hall–Kier alpha value is -1.16. The number of carbonyl (C=O) groups excluding carboxylic acids is 1. The van der Waals surface area contributed by atoms with E-state index < -0.39 is 0 Å². The number of ether oxygens (including phenoxy) is 1. The number of rotatable bonds is 1. The summed E-state index contributed by atoms with van der Waals surface area (Å²) in [6.45, 7) is 5.57. The van der Waals surface area contributed by atoms with Crippen LogP contribution in [0.15, 0.2) is 16.1 Å². The van der Waals surface area contributed by atoms with Gasteiger partial charge in [-0.25, -0.2) is 0 Å². The number of aliphatic hydroxyl groups is 1. The van der Waals surface area contributed by atoms with Crippen LogP contribution in [0.4, 0.5) is 0 Å². The topological polar surface area (TPSA) is 58.9 Å². The van der Waals surface area contributed by atoms with E-state index in [1.54, 1.807) is 11.1 Å². The molecule has 0 amide bonds. The van der Waals surface area contributed by atoms with Gasteiger partial charge in [0.15, 0.2) is 0 Å². The number of carbonyl (C=O) groups is 1. The Bertz CT molecular complexity index is 814. The highest BCUT2D eigenvalue weighted by atomic mass is 16.5. The lowest BCUT2D eigenvalue weighted by molar-refractivity contribution is -0.157. The predicted molar refractivity (Wildman–Crippen MR) is 102 cm³/mol. The maximum atomic E-state index is 12.8. The maximum absolute atomic E-state index is 12.8. The highest BCUT2D eigenvalue weighted by Crippen LogP contribution is 2.79. The molecule has 6 aliphatic carbocycles. The van der Waals surface area contributed by atoms with Crippen LogP contribution in [0.3, 0.4) is 0 Å². The zero-order chi connectivity index (χ0) is 18.8. The summed E-state index contributed by atoms with van der Waals surface area (Å²) in [6.07, 6.45) is 7.28. The van der Waals surface area contributed by atoms with Crippen molar-refractivity contribution in [3.05, 3.63) is 11.1 Å². The number of aliphatic imine (C=N–C) groups is 1. The molecular formula is C23H31NO3. The zero-order valence-corrected chi connectivity index (χ0v) is 16.8. The van der Waals surface area contributed by atoms with Crippen molar-refractivity contribution in [3.63, 3.8) is 0 Å². The number of fused-ring (bicyclic) bond motifs is 1. The van der Waals surface area contributed by atoms with Crippen LogP contribution in [0.2, 0.25) is 0 Å². The Morgan fingerprint density at radius 2 is 2.04 bits per heavy atom. The zero-order valence-electron chi connectivity index (χ0n) is 16.8. The van der Waals surface area contributed by atoms with E-state index in [0.29, 0.717) is 17.8 Å². The van der Waals surface area contributed by atoms with Crippen LogP contribution in [0.5, 0.6) is 0 Å². The van der Waals surface area contributed by atoms with Crippen LogP contribution in [0.1, 0.15) is 58.8 Å². The van der Waals surface area contributed by atoms with Crippen molar-refractivity contribution in [2.75, 3.05) is 13.7 Å². The van der Waals surface area contributed by atoms with Crippen LogP contribution in [-0.4, -0.2) is 36.5 Å². The molecule has 0 aromatic heterocycles. The number of allylic oxidation sites excluding steroid dienone is 2. The lowest BCUT2D eigenvalue weighted by Gasteiger charge is -2.68. The third-order valence-corrected chi connectivity index (χ3v) is 10.2. The van der Waals surface area contributed by atoms with Gasteiger partial charge in [0.1, 0.15) is 0 Å². The standard InChI is InChI=1S/C23H31NO3/c1-12-11-24-20-22(12)9-8-21(2)16(18(22)25)7-5-13-4-6-14-15(19(26)27-3)10-23(20,21)17(13)14/h12,14-16,18,25H,4-11H2,1-3H3/t12-,14-,15-,16-,18?,21+,22+,23+/m1/s1. The van der Waals surface area contributed by atoms with Crippen LogP contribution >= 0.6 is 0 Å². The summed E-state index contributed by atoms with van der Waals surface area (Å²) < 4.78 is 5.27. The van der Waals surface area contributed by atoms with E-state index in [1.807, 2.05) is 0 Å². The quantitative estimate of drug-likeness (QED) is 0.568. The first-order chi connectivity index (χ1) is 12.9. The molecule has 0 radical (unpaired) electrons. The van der Waals surface area contributed by atoms with Gasteiger partial charge in [-0.2, -0.15) is 0 Å². The summed E-state index contributed by atoms with van der Waals surface area (Å²) in [5.74, 6) is 1.03. The van der Waals surface area contributed by atoms with E-state index in [-0.39, 0.29) is 34.2 Å². The van der Waals surface area contributed by atoms with E-state index >= 15 is 0 Å². The Morgan fingerprint density at radius 3 is 2.81 bits per heavy atom. The van der Waals surface area contributed by atoms with Gasteiger partial charge in [-0.3, -0.25) is 9.79 Å². The predicted octanol–water partition coefficient (Wildman–Crippen LogP) is 3.53. The summed E-state index contributed by atoms with van der Waals surface area (Å²) in [4.78, 5) is 18.0. The molecule has 4 heteroatoms. The van der Waals surface area contributed by atoms with Crippen molar-refractivity contribution >= 4 is 11.7 Å². The number of methoxy groups -OCH3 is 1. The van der Waals surface area contributed by atoms with Gasteiger partial charge in [0, 0.05) is 23.1 Å². The molecule has 7 rings (SSSR count). The van der Waals surface area contributed by atoms with Crippen molar-refractivity contribution in [1.29, 1.82) is 0 Å². The normalized spacial score (nSPS) is 54.5. The second kappa shape index (κ2) is 4.87. The fraction of sp³-hybridized carbons (Fsp3) is 0.826. The van der Waals surface area contributed by atoms with Crippen molar-refractivity contribution in [1.82, 2.24) is 0 Å². The molecule has 8 atom stereocenters. The number of esters is 1. The molecule has 4 nitrogen and oxygen atoms in total. The van der Waals surface area contributed by atoms with Crippen molar-refractivity contribution in [2.24, 2.45) is 44.9 Å². The summed E-state index contributed by atoms with van der Waals surface area (Å²) in [6, 6.07) is 0. The number of aliphatic hydroxyl groups excluding tert-OH is 1. The summed E-state index contributed by atoms with van der Waals surface area (Å²) in [5, 5.41) is 11.6. The van der Waals surface area contributed by atoms with Gasteiger partial charge in [-0.1, -0.05) is 25.0 Å². The fourth-order valence-corrected chi connectivity index (χ4v) is 9.11. The molecule has 2 spiro atoms. The highest BCUT2D eigenvalue weighted by molar-refractivity contribution is 6.04. The van der Waals surface area contributed by atoms with E-state index in [0.717, 1.165) is 51.5 Å². The molecule has 1 heterocycles. The van der Waals surface area contributed by atoms with Crippen molar-refractivity contribution in [3.8, 4) is 0 Å². The minimum atomic E-state index is -0.270. The van der Waals surface area contributed by atoms with Gasteiger partial charge in [-0.15, -0.1) is 0 Å². The molecule has 1 aliphatic heterocycles. The monoisotopic (exact) mass is 369 g/mol. The summed E-state index contributed by atoms with van der Waals surface area (Å²) in [5.41, 5.74) is 4.28. The van der Waals surface area contributed by atoms with Crippen LogP contribution in [-0.2, 0) is 9.53 Å². The second-order valence-electron chi connectivity index (χ2n) is 10.5. The van der Waals surface area contributed by atoms with Gasteiger partial charge in [-0.05, 0) is 68.1 Å². The Balaban J connectivity index is 1.65. The largest absolute Gasteiger partial charge is 0.469 e. The lowest BCUT2D eigenvalue weighted by Crippen LogP contribution is -2.71. The Kier molecular flexibility index (Phi) is 3.02. The van der Waals surface area contributed by atoms with E-state index in [4.69, 9.17) is 9.73 Å². The lowest BCUT2D eigenvalue weighted by atomic mass is 9.35. The highest BCUT2D eigenvalue weighted by Gasteiger charge is 2.78. The maximum Gasteiger partial charge on any atom is 0.309 e. The average Bonchev–Trinajstić information content (AvgIpc) is 3.29. The van der Waals surface area contributed by atoms with Crippen LogP contribution in [0.25, 0.3) is 0 Å². The molecule has 1 unspecified atom stereocenters. The molecule has 27 heavy (non-hydrogen) atoms. The first-order valence-electron chi connectivity index (χ1n) is 11.0. The molecular weight excluding hydrogens is 338 g/mol. The van der Waals surface area contributed by atoms with Crippen molar-refractivity contribution < 1.29 is 14.6 Å². The van der Waals surface area contributed by atoms with Gasteiger partial charge in [0.25, 0.3) is 0 Å². The summed E-state index contributed by atoms with van der Waals surface area (Å²) in [7, 11) is 1.54. The molecule has 146 valence electrons. The number of nitrogens with zero attached hydrogens (tertiary/aromatic N) is 1. The second-order valence-corrected chi connectivity index (χ2v) is 10.5. The third-order valence-electron chi connectivity index (χ3n) is 10.2. The number of hydrogen-bond acceptors (Lipinski definition) is 4. The van der Waals surface area contributed by atoms with Gasteiger partial charge in [0.2, 0.25) is 0 Å². The minimum absolute atomic E-state index is 0.0229. The molecule has 4 bridgehead atoms. The smallest absolute Gasteiger partial charge is 0.309 e. The third kappa shape index (κ3) is 1.50. The number of hydrogen-bond donors (Lipinski definition) is 1. The SMILES string of the molecule is COC(=O)[C@@H]1C[C@]23C4=NC[C@@H](C)[C@]45CC[C@@]2(C)[C@H](CCC2=C3[C@@H]1CC2)C5O. The fourth-order valence-electron chi connectivity index (χ4n) is 9.11. The van der Waals surface area contributed by atoms with E-state index in [1.165, 1.54) is 12.8 Å². The molecule has 4 saturated carbocycles. The molecule has 7 aliphatic rings. The van der Waals surface area contributed by atoms with E-state index in [9.17, 15) is 9.90 Å². The average molecular weight is 370 g/mol. The minimum Gasteiger partial charge on any atom is -0.469 e. The van der Waals surface area contributed by atoms with Gasteiger partial charge >= 0.3 is 5.97 Å². The molecule has 4 fully saturated rings. The molecule has 0 saturated heterocycles. The first kappa shape index (κ1) is 16.8. The summed E-state index contributed by atoms with van der Waals surface area (Å²) >= 11 is 0. The Labute approximate surface area is 161 Å². The molecule has 1 N–H and O–H groups in total. The van der Waals surface area contributed by atoms with Crippen LogP contribution < -0.4 is 0 Å². The van der Waals surface area contributed by atoms with E-state index in [2.05, 4.69) is 13.8 Å². The van der Waals surface area contributed by atoms with Gasteiger partial charge in [0.05, 0.1) is 19.1 Å². The molecule has 0 aromatic rings. The van der Waals surface area contributed by atoms with Crippen LogP contribution in [0, 0.1) is 39.9 Å². The Morgan fingerprint density at radius 1 is 1.26 bits per heavy atom.